The molecule has 2 N–H and O–H groups in total. The van der Waals surface area contributed by atoms with Gasteiger partial charge < -0.3 is 10.6 Å². The first-order valence-corrected chi connectivity index (χ1v) is 8.21. The number of rotatable bonds is 5. The molecule has 0 saturated heterocycles. The van der Waals surface area contributed by atoms with Gasteiger partial charge in [0.2, 0.25) is 5.91 Å². The zero-order valence-electron chi connectivity index (χ0n) is 13.6. The normalized spacial score (nSPS) is 10.2. The lowest BCUT2D eigenvalue weighted by Crippen LogP contribution is -2.33. The summed E-state index contributed by atoms with van der Waals surface area (Å²) < 4.78 is 0. The van der Waals surface area contributed by atoms with Gasteiger partial charge in [-0.1, -0.05) is 54.1 Å². The average Bonchev–Trinajstić information content (AvgIpc) is 2.68. The predicted octanol–water partition coefficient (Wildman–Crippen LogP) is 3.17. The Morgan fingerprint density at radius 1 is 0.923 bits per heavy atom. The summed E-state index contributed by atoms with van der Waals surface area (Å²) in [7, 11) is 0. The lowest BCUT2D eigenvalue weighted by Gasteiger charge is -2.08. The Kier molecular flexibility index (Phi) is 5.56. The number of amides is 2. The summed E-state index contributed by atoms with van der Waals surface area (Å²) in [6.07, 6.45) is 3.03. The Labute approximate surface area is 155 Å². The number of nitrogens with zero attached hydrogens (tertiary/aromatic N) is 2. The van der Waals surface area contributed by atoms with Crippen molar-refractivity contribution in [1.82, 2.24) is 15.3 Å². The molecule has 0 aliphatic heterocycles. The van der Waals surface area contributed by atoms with Crippen molar-refractivity contribution in [2.24, 2.45) is 0 Å². The number of carbonyl (C=O) groups is 2. The van der Waals surface area contributed by atoms with Crippen molar-refractivity contribution < 1.29 is 9.59 Å². The number of hydrogen-bond acceptors (Lipinski definition) is 4. The summed E-state index contributed by atoms with van der Waals surface area (Å²) in [5, 5.41) is 5.48. The summed E-state index contributed by atoms with van der Waals surface area (Å²) in [5.74, 6) is -0.237. The van der Waals surface area contributed by atoms with Gasteiger partial charge in [-0.3, -0.25) is 9.59 Å². The first-order chi connectivity index (χ1) is 12.6. The lowest BCUT2D eigenvalue weighted by atomic mass is 10.2. The third-order valence-corrected chi connectivity index (χ3v) is 3.83. The second kappa shape index (κ2) is 8.22. The molecule has 0 aliphatic rings. The highest BCUT2D eigenvalue weighted by Crippen LogP contribution is 2.15. The molecule has 3 rings (SSSR count). The Morgan fingerprint density at radius 3 is 2.27 bits per heavy atom. The van der Waals surface area contributed by atoms with Crippen molar-refractivity contribution in [3.8, 4) is 11.4 Å². The van der Waals surface area contributed by atoms with E-state index in [0.717, 1.165) is 5.56 Å². The molecule has 2 aromatic carbocycles. The second-order valence-corrected chi connectivity index (χ2v) is 5.78. The van der Waals surface area contributed by atoms with Crippen LogP contribution < -0.4 is 10.6 Å². The van der Waals surface area contributed by atoms with Gasteiger partial charge in [0, 0.05) is 5.56 Å². The van der Waals surface area contributed by atoms with Crippen LogP contribution in [0.1, 0.15) is 10.4 Å². The number of halogens is 1. The molecule has 6 nitrogen and oxygen atoms in total. The zero-order valence-corrected chi connectivity index (χ0v) is 14.4. The van der Waals surface area contributed by atoms with Crippen molar-refractivity contribution in [3.63, 3.8) is 0 Å². The van der Waals surface area contributed by atoms with Crippen molar-refractivity contribution in [1.29, 1.82) is 0 Å². The van der Waals surface area contributed by atoms with Crippen LogP contribution in [0.3, 0.4) is 0 Å². The Bertz CT molecular complexity index is 914. The van der Waals surface area contributed by atoms with Crippen LogP contribution in [0, 0.1) is 0 Å². The largest absolute Gasteiger partial charge is 0.343 e. The van der Waals surface area contributed by atoms with Gasteiger partial charge in [-0.05, 0) is 12.1 Å². The van der Waals surface area contributed by atoms with Gasteiger partial charge in [0.25, 0.3) is 5.91 Å². The molecule has 130 valence electrons. The van der Waals surface area contributed by atoms with Crippen molar-refractivity contribution in [2.45, 2.75) is 0 Å². The predicted molar refractivity (Wildman–Crippen MR) is 99.9 cm³/mol. The van der Waals surface area contributed by atoms with E-state index in [2.05, 4.69) is 20.6 Å². The minimum atomic E-state index is -0.415. The van der Waals surface area contributed by atoms with Crippen LogP contribution in [0.15, 0.2) is 67.0 Å². The van der Waals surface area contributed by atoms with E-state index in [-0.39, 0.29) is 12.5 Å². The Hall–Kier alpha value is -3.25. The van der Waals surface area contributed by atoms with Crippen LogP contribution >= 0.6 is 11.6 Å². The minimum absolute atomic E-state index is 0.190. The molecule has 0 atom stereocenters. The summed E-state index contributed by atoms with van der Waals surface area (Å²) in [6.45, 7) is -0.190. The Morgan fingerprint density at radius 2 is 1.58 bits per heavy atom. The van der Waals surface area contributed by atoms with Crippen LogP contribution in [0.25, 0.3) is 11.4 Å². The van der Waals surface area contributed by atoms with Gasteiger partial charge in [-0.2, -0.15) is 0 Å². The standard InChI is InChI=1S/C19H15ClN4O2/c20-16-9-5-4-8-15(16)19(26)23-12-17(25)24-14-10-21-18(22-11-14)13-6-2-1-3-7-13/h1-11H,12H2,(H,23,26)(H,24,25). The van der Waals surface area contributed by atoms with Crippen LogP contribution in [-0.2, 0) is 4.79 Å². The summed E-state index contributed by atoms with van der Waals surface area (Å²) >= 11 is 5.95. The average molecular weight is 367 g/mol. The van der Waals surface area contributed by atoms with E-state index in [1.807, 2.05) is 30.3 Å². The molecule has 1 aromatic heterocycles. The van der Waals surface area contributed by atoms with Crippen LogP contribution in [0.5, 0.6) is 0 Å². The first-order valence-electron chi connectivity index (χ1n) is 7.83. The fraction of sp³-hybridized carbons (Fsp3) is 0.0526. The maximum atomic E-state index is 12.0. The lowest BCUT2D eigenvalue weighted by molar-refractivity contribution is -0.115. The summed E-state index contributed by atoms with van der Waals surface area (Å²) in [5.41, 5.74) is 1.65. The fourth-order valence-corrected chi connectivity index (χ4v) is 2.46. The molecule has 0 spiro atoms. The highest BCUT2D eigenvalue weighted by molar-refractivity contribution is 6.33. The molecule has 26 heavy (non-hydrogen) atoms. The Balaban J connectivity index is 1.55. The molecule has 7 heteroatoms. The van der Waals surface area contributed by atoms with Crippen LogP contribution in [-0.4, -0.2) is 28.3 Å². The van der Waals surface area contributed by atoms with E-state index < -0.39 is 5.91 Å². The van der Waals surface area contributed by atoms with E-state index in [4.69, 9.17) is 11.6 Å². The third kappa shape index (κ3) is 4.43. The zero-order chi connectivity index (χ0) is 18.4. The van der Waals surface area contributed by atoms with Crippen LogP contribution in [0.2, 0.25) is 5.02 Å². The molecule has 1 heterocycles. The minimum Gasteiger partial charge on any atom is -0.343 e. The molecule has 3 aromatic rings. The number of anilines is 1. The maximum Gasteiger partial charge on any atom is 0.253 e. The monoisotopic (exact) mass is 366 g/mol. The fourth-order valence-electron chi connectivity index (χ4n) is 2.24. The molecule has 0 saturated carbocycles. The third-order valence-electron chi connectivity index (χ3n) is 3.50. The van der Waals surface area contributed by atoms with E-state index in [1.54, 1.807) is 24.3 Å². The molecular weight excluding hydrogens is 352 g/mol. The molecule has 0 bridgehead atoms. The maximum absolute atomic E-state index is 12.0. The quantitative estimate of drug-likeness (QED) is 0.726. The first kappa shape index (κ1) is 17.6. The molecule has 0 aliphatic carbocycles. The number of aromatic nitrogens is 2. The SMILES string of the molecule is O=C(CNC(=O)c1ccccc1Cl)Nc1cnc(-c2ccccc2)nc1. The highest BCUT2D eigenvalue weighted by atomic mass is 35.5. The van der Waals surface area contributed by atoms with E-state index >= 15 is 0 Å². The van der Waals surface area contributed by atoms with Gasteiger partial charge in [0.15, 0.2) is 5.82 Å². The summed E-state index contributed by atoms with van der Waals surface area (Å²) in [4.78, 5) is 32.4. The molecule has 0 fully saturated rings. The number of nitrogens with one attached hydrogen (secondary N) is 2. The van der Waals surface area contributed by atoms with Crippen LogP contribution in [0.4, 0.5) is 5.69 Å². The van der Waals surface area contributed by atoms with Gasteiger partial charge in [0.1, 0.15) is 0 Å². The number of benzene rings is 2. The van der Waals surface area contributed by atoms with Crippen molar-refractivity contribution in [2.75, 3.05) is 11.9 Å². The smallest absolute Gasteiger partial charge is 0.253 e. The molecular formula is C19H15ClN4O2. The van der Waals surface area contributed by atoms with Gasteiger partial charge >= 0.3 is 0 Å². The van der Waals surface area contributed by atoms with Gasteiger partial charge in [0.05, 0.1) is 35.2 Å². The summed E-state index contributed by atoms with van der Waals surface area (Å²) in [6, 6.07) is 16.1. The van der Waals surface area contributed by atoms with E-state index in [1.165, 1.54) is 12.4 Å². The highest BCUT2D eigenvalue weighted by Gasteiger charge is 2.11. The van der Waals surface area contributed by atoms with Gasteiger partial charge in [-0.25, -0.2) is 9.97 Å². The van der Waals surface area contributed by atoms with Crippen molar-refractivity contribution in [3.05, 3.63) is 77.6 Å². The molecule has 0 unspecified atom stereocenters. The second-order valence-electron chi connectivity index (χ2n) is 5.37. The molecule has 2 amide bonds. The number of carbonyl (C=O) groups excluding carboxylic acids is 2. The molecule has 0 radical (unpaired) electrons. The van der Waals surface area contributed by atoms with E-state index in [9.17, 15) is 9.59 Å². The van der Waals surface area contributed by atoms with Crippen molar-refractivity contribution >= 4 is 29.1 Å². The van der Waals surface area contributed by atoms with Gasteiger partial charge in [-0.15, -0.1) is 0 Å². The number of hydrogen-bond donors (Lipinski definition) is 2. The van der Waals surface area contributed by atoms with E-state index in [0.29, 0.717) is 22.1 Å². The topological polar surface area (TPSA) is 84.0 Å².